The minimum absolute atomic E-state index is 0.142. The largest absolute Gasteiger partial charge is 0.339 e. The van der Waals surface area contributed by atoms with Crippen molar-refractivity contribution in [2.45, 2.75) is 4.34 Å². The number of piperazine rings is 1. The third-order valence-corrected chi connectivity index (χ3v) is 7.56. The van der Waals surface area contributed by atoms with Crippen molar-refractivity contribution in [1.82, 2.24) is 14.8 Å². The number of ketones is 1. The Morgan fingerprint density at radius 2 is 1.89 bits per heavy atom. The second-order valence-corrected chi connectivity index (χ2v) is 9.49. The predicted molar refractivity (Wildman–Crippen MR) is 112 cm³/mol. The fraction of sp³-hybridized carbons (Fsp3) is 0.316. The fourth-order valence-electron chi connectivity index (χ4n) is 3.00. The molecule has 0 atom stereocenters. The molecule has 0 unspecified atom stereocenters. The molecule has 4 rings (SSSR count). The van der Waals surface area contributed by atoms with Gasteiger partial charge < -0.3 is 4.90 Å². The van der Waals surface area contributed by atoms with E-state index < -0.39 is 0 Å². The number of hydrogen-bond acceptors (Lipinski definition) is 7. The number of aromatic nitrogens is 1. The molecule has 0 radical (unpaired) electrons. The van der Waals surface area contributed by atoms with E-state index in [4.69, 9.17) is 0 Å². The van der Waals surface area contributed by atoms with Gasteiger partial charge in [0.05, 0.1) is 27.4 Å². The van der Waals surface area contributed by atoms with Gasteiger partial charge in [-0.3, -0.25) is 14.5 Å². The highest BCUT2D eigenvalue weighted by atomic mass is 32.2. The number of thioether (sulfide) groups is 1. The molecular weight excluding hydrogens is 398 g/mol. The fourth-order valence-corrected chi connectivity index (χ4v) is 5.63. The van der Waals surface area contributed by atoms with Gasteiger partial charge in [0.2, 0.25) is 5.91 Å². The third kappa shape index (κ3) is 4.57. The summed E-state index contributed by atoms with van der Waals surface area (Å²) in [5.74, 6) is 0.716. The predicted octanol–water partition coefficient (Wildman–Crippen LogP) is 3.48. The Balaban J connectivity index is 1.24. The number of Topliss-reactive ketones (excluding diaryl/α,β-unsaturated/α-hetero) is 1. The zero-order valence-electron chi connectivity index (χ0n) is 14.7. The highest BCUT2D eigenvalue weighted by molar-refractivity contribution is 8.01. The lowest BCUT2D eigenvalue weighted by Crippen LogP contribution is -2.50. The SMILES string of the molecule is O=C(CN1CCN(C(=O)CSc2nc3ccccc3s2)CC1)c1cccs1. The van der Waals surface area contributed by atoms with E-state index in [1.54, 1.807) is 11.3 Å². The van der Waals surface area contributed by atoms with Crippen LogP contribution in [0.1, 0.15) is 9.67 Å². The molecule has 0 N–H and O–H groups in total. The molecule has 1 amide bonds. The van der Waals surface area contributed by atoms with Crippen molar-refractivity contribution in [2.24, 2.45) is 0 Å². The smallest absolute Gasteiger partial charge is 0.233 e. The monoisotopic (exact) mass is 417 g/mol. The van der Waals surface area contributed by atoms with E-state index >= 15 is 0 Å². The zero-order chi connectivity index (χ0) is 18.6. The van der Waals surface area contributed by atoms with Gasteiger partial charge >= 0.3 is 0 Å². The Bertz CT molecular complexity index is 898. The quantitative estimate of drug-likeness (QED) is 0.454. The Labute approximate surface area is 170 Å². The van der Waals surface area contributed by atoms with Crippen LogP contribution in [-0.4, -0.2) is 65.0 Å². The van der Waals surface area contributed by atoms with Gasteiger partial charge in [-0.2, -0.15) is 0 Å². The molecule has 0 bridgehead atoms. The van der Waals surface area contributed by atoms with Gasteiger partial charge in [0.1, 0.15) is 0 Å². The molecule has 1 aromatic carbocycles. The van der Waals surface area contributed by atoms with Gasteiger partial charge in [-0.05, 0) is 23.6 Å². The number of para-hydroxylation sites is 1. The van der Waals surface area contributed by atoms with Crippen molar-refractivity contribution in [3.05, 3.63) is 46.7 Å². The van der Waals surface area contributed by atoms with Crippen LogP contribution in [0, 0.1) is 0 Å². The maximum Gasteiger partial charge on any atom is 0.233 e. The summed E-state index contributed by atoms with van der Waals surface area (Å²) in [5, 5.41) is 1.92. The van der Waals surface area contributed by atoms with Crippen molar-refractivity contribution in [3.8, 4) is 0 Å². The summed E-state index contributed by atoms with van der Waals surface area (Å²) < 4.78 is 2.08. The normalized spacial score (nSPS) is 15.3. The first-order valence-corrected chi connectivity index (χ1v) is 11.4. The molecule has 27 heavy (non-hydrogen) atoms. The van der Waals surface area contributed by atoms with Crippen molar-refractivity contribution >= 4 is 56.3 Å². The average Bonchev–Trinajstić information content (AvgIpc) is 3.36. The van der Waals surface area contributed by atoms with Gasteiger partial charge in [-0.1, -0.05) is 30.0 Å². The van der Waals surface area contributed by atoms with Crippen molar-refractivity contribution < 1.29 is 9.59 Å². The standard InChI is InChI=1S/C19H19N3O2S3/c23-15(17-6-3-11-25-17)12-21-7-9-22(10-8-21)18(24)13-26-19-20-14-4-1-2-5-16(14)27-19/h1-6,11H,7-10,12-13H2. The minimum Gasteiger partial charge on any atom is -0.339 e. The molecule has 2 aromatic heterocycles. The van der Waals surface area contributed by atoms with Gasteiger partial charge in [0.15, 0.2) is 10.1 Å². The first-order valence-electron chi connectivity index (χ1n) is 8.74. The molecule has 3 heterocycles. The molecule has 5 nitrogen and oxygen atoms in total. The second-order valence-electron chi connectivity index (χ2n) is 6.29. The first-order chi connectivity index (χ1) is 13.2. The summed E-state index contributed by atoms with van der Waals surface area (Å²) in [6.07, 6.45) is 0. The number of thiazole rings is 1. The van der Waals surface area contributed by atoms with Gasteiger partial charge in [-0.15, -0.1) is 22.7 Å². The van der Waals surface area contributed by atoms with E-state index in [9.17, 15) is 9.59 Å². The summed E-state index contributed by atoms with van der Waals surface area (Å²) in [4.78, 5) is 34.1. The van der Waals surface area contributed by atoms with Crippen LogP contribution in [0.4, 0.5) is 0 Å². The van der Waals surface area contributed by atoms with Gasteiger partial charge in [0.25, 0.3) is 0 Å². The molecule has 1 aliphatic heterocycles. The average molecular weight is 418 g/mol. The van der Waals surface area contributed by atoms with Crippen LogP contribution in [0.5, 0.6) is 0 Å². The molecule has 1 saturated heterocycles. The van der Waals surface area contributed by atoms with Gasteiger partial charge in [-0.25, -0.2) is 4.98 Å². The summed E-state index contributed by atoms with van der Waals surface area (Å²) in [6.45, 7) is 3.28. The molecule has 3 aromatic rings. The molecule has 1 aliphatic rings. The highest BCUT2D eigenvalue weighted by Crippen LogP contribution is 2.29. The van der Waals surface area contributed by atoms with E-state index in [1.165, 1.54) is 23.1 Å². The van der Waals surface area contributed by atoms with Gasteiger partial charge in [0, 0.05) is 26.2 Å². The number of thiophene rings is 1. The van der Waals surface area contributed by atoms with E-state index in [2.05, 4.69) is 16.0 Å². The first kappa shape index (κ1) is 18.6. The summed E-state index contributed by atoms with van der Waals surface area (Å²) in [6, 6.07) is 11.8. The lowest BCUT2D eigenvalue weighted by atomic mass is 10.2. The van der Waals surface area contributed by atoms with Crippen LogP contribution in [0.25, 0.3) is 10.2 Å². The summed E-state index contributed by atoms with van der Waals surface area (Å²) in [7, 11) is 0. The van der Waals surface area contributed by atoms with E-state index in [0.29, 0.717) is 25.4 Å². The lowest BCUT2D eigenvalue weighted by molar-refractivity contribution is -0.129. The van der Waals surface area contributed by atoms with E-state index in [1.807, 2.05) is 40.6 Å². The zero-order valence-corrected chi connectivity index (χ0v) is 17.1. The number of benzene rings is 1. The molecule has 140 valence electrons. The minimum atomic E-state index is 0.142. The maximum atomic E-state index is 12.5. The van der Waals surface area contributed by atoms with Crippen LogP contribution < -0.4 is 0 Å². The number of rotatable bonds is 6. The highest BCUT2D eigenvalue weighted by Gasteiger charge is 2.23. The number of hydrogen-bond donors (Lipinski definition) is 0. The molecule has 8 heteroatoms. The van der Waals surface area contributed by atoms with Crippen LogP contribution in [0.3, 0.4) is 0 Å². The molecular formula is C19H19N3O2S3. The van der Waals surface area contributed by atoms with Crippen molar-refractivity contribution in [2.75, 3.05) is 38.5 Å². The molecule has 0 spiro atoms. The van der Waals surface area contributed by atoms with E-state index in [-0.39, 0.29) is 11.7 Å². The summed E-state index contributed by atoms with van der Waals surface area (Å²) in [5.41, 5.74) is 0.987. The second kappa shape index (κ2) is 8.52. The Morgan fingerprint density at radius 1 is 1.07 bits per heavy atom. The Hall–Kier alpha value is -1.74. The number of carbonyl (C=O) groups is 2. The molecule has 0 saturated carbocycles. The number of fused-ring (bicyclic) bond motifs is 1. The number of amides is 1. The van der Waals surface area contributed by atoms with Crippen LogP contribution in [0.2, 0.25) is 0 Å². The van der Waals surface area contributed by atoms with Crippen LogP contribution in [0.15, 0.2) is 46.1 Å². The number of nitrogens with zero attached hydrogens (tertiary/aromatic N) is 3. The Morgan fingerprint density at radius 3 is 2.63 bits per heavy atom. The molecule has 1 fully saturated rings. The third-order valence-electron chi connectivity index (χ3n) is 4.48. The molecule has 0 aliphatic carbocycles. The number of carbonyl (C=O) groups excluding carboxylic acids is 2. The summed E-state index contributed by atoms with van der Waals surface area (Å²) >= 11 is 4.62. The van der Waals surface area contributed by atoms with Crippen molar-refractivity contribution in [3.63, 3.8) is 0 Å². The van der Waals surface area contributed by atoms with Crippen molar-refractivity contribution in [1.29, 1.82) is 0 Å². The van der Waals surface area contributed by atoms with Crippen LogP contribution >= 0.6 is 34.4 Å². The Kier molecular flexibility index (Phi) is 5.87. The lowest BCUT2D eigenvalue weighted by Gasteiger charge is -2.34. The maximum absolute atomic E-state index is 12.5. The topological polar surface area (TPSA) is 53.5 Å². The van der Waals surface area contributed by atoms with Crippen LogP contribution in [-0.2, 0) is 4.79 Å². The van der Waals surface area contributed by atoms with E-state index in [0.717, 1.165) is 32.5 Å².